The number of nitriles is 1. The van der Waals surface area contributed by atoms with Crippen LogP contribution >= 0.6 is 0 Å². The molecular weight excluding hydrogens is 366 g/mol. The van der Waals surface area contributed by atoms with Gasteiger partial charge in [0.15, 0.2) is 0 Å². The monoisotopic (exact) mass is 389 g/mol. The number of aromatic nitrogens is 3. The predicted octanol–water partition coefficient (Wildman–Crippen LogP) is 2.08. The number of hydrogen-bond donors (Lipinski definition) is 1. The van der Waals surface area contributed by atoms with Gasteiger partial charge in [-0.15, -0.1) is 10.2 Å². The standard InChI is InChI=1S/C21H23N7O/c1-25-8-10-26(11-9-25)21-12-19(5-4-18(21)13-22)28(27-15-23-24-16-27)14-17-2-6-20(29)7-3-17/h2-7,12,15-16,29H,8-11,14H2,1H3. The van der Waals surface area contributed by atoms with Crippen molar-refractivity contribution in [1.82, 2.24) is 19.8 Å². The number of hydrogen-bond acceptors (Lipinski definition) is 7. The van der Waals surface area contributed by atoms with Crippen LogP contribution in [0.3, 0.4) is 0 Å². The maximum absolute atomic E-state index is 9.63. The molecule has 0 atom stereocenters. The van der Waals surface area contributed by atoms with Gasteiger partial charge in [0.1, 0.15) is 24.5 Å². The average Bonchev–Trinajstić information content (AvgIpc) is 3.28. The Balaban J connectivity index is 1.69. The van der Waals surface area contributed by atoms with Gasteiger partial charge in [0.05, 0.1) is 23.5 Å². The lowest BCUT2D eigenvalue weighted by atomic mass is 10.1. The Bertz CT molecular complexity index is 987. The van der Waals surface area contributed by atoms with Gasteiger partial charge in [0.25, 0.3) is 0 Å². The summed E-state index contributed by atoms with van der Waals surface area (Å²) >= 11 is 0. The summed E-state index contributed by atoms with van der Waals surface area (Å²) < 4.78 is 1.82. The van der Waals surface area contributed by atoms with Gasteiger partial charge >= 0.3 is 0 Å². The van der Waals surface area contributed by atoms with E-state index in [0.717, 1.165) is 43.1 Å². The third-order valence-electron chi connectivity index (χ3n) is 5.20. The van der Waals surface area contributed by atoms with E-state index in [0.29, 0.717) is 12.1 Å². The molecule has 29 heavy (non-hydrogen) atoms. The summed E-state index contributed by atoms with van der Waals surface area (Å²) in [6, 6.07) is 15.3. The van der Waals surface area contributed by atoms with Crippen LogP contribution in [0.15, 0.2) is 55.1 Å². The smallest absolute Gasteiger partial charge is 0.139 e. The minimum atomic E-state index is 0.236. The number of rotatable bonds is 5. The van der Waals surface area contributed by atoms with Crippen LogP contribution in [0, 0.1) is 11.3 Å². The van der Waals surface area contributed by atoms with Gasteiger partial charge in [0, 0.05) is 26.2 Å². The van der Waals surface area contributed by atoms with Crippen molar-refractivity contribution < 1.29 is 5.11 Å². The molecule has 0 amide bonds. The third-order valence-corrected chi connectivity index (χ3v) is 5.20. The van der Waals surface area contributed by atoms with E-state index in [1.807, 2.05) is 34.0 Å². The highest BCUT2D eigenvalue weighted by atomic mass is 16.3. The first kappa shape index (κ1) is 18.8. The molecule has 1 aliphatic rings. The SMILES string of the molecule is CN1CCN(c2cc(N(Cc3ccc(O)cc3)n3cnnc3)ccc2C#N)CC1. The number of phenols is 1. The fraction of sp³-hybridized carbons (Fsp3) is 0.286. The summed E-state index contributed by atoms with van der Waals surface area (Å²) in [5, 5.41) is 29.1. The highest BCUT2D eigenvalue weighted by Gasteiger charge is 2.19. The second-order valence-corrected chi connectivity index (χ2v) is 7.17. The largest absolute Gasteiger partial charge is 0.508 e. The van der Waals surface area contributed by atoms with Crippen molar-refractivity contribution in [3.05, 3.63) is 66.2 Å². The molecule has 0 unspecified atom stereocenters. The van der Waals surface area contributed by atoms with Crippen molar-refractivity contribution in [2.75, 3.05) is 43.1 Å². The van der Waals surface area contributed by atoms with Gasteiger partial charge in [-0.05, 0) is 42.9 Å². The Morgan fingerprint density at radius 1 is 1.03 bits per heavy atom. The quantitative estimate of drug-likeness (QED) is 0.715. The summed E-state index contributed by atoms with van der Waals surface area (Å²) in [6.45, 7) is 4.28. The molecule has 0 spiro atoms. The zero-order chi connectivity index (χ0) is 20.2. The summed E-state index contributed by atoms with van der Waals surface area (Å²) in [5.74, 6) is 0.236. The molecule has 1 aliphatic heterocycles. The fourth-order valence-electron chi connectivity index (χ4n) is 3.48. The van der Waals surface area contributed by atoms with Crippen molar-refractivity contribution in [2.24, 2.45) is 0 Å². The highest BCUT2D eigenvalue weighted by molar-refractivity contribution is 5.67. The number of phenolic OH excluding ortho intramolecular Hbond substituents is 1. The molecule has 1 saturated heterocycles. The van der Waals surface area contributed by atoms with Gasteiger partial charge < -0.3 is 14.9 Å². The second-order valence-electron chi connectivity index (χ2n) is 7.17. The molecule has 1 aromatic heterocycles. The number of benzene rings is 2. The van der Waals surface area contributed by atoms with Crippen LogP contribution in [-0.2, 0) is 6.54 Å². The topological polar surface area (TPSA) is 84.5 Å². The Kier molecular flexibility index (Phi) is 5.31. The van der Waals surface area contributed by atoms with E-state index in [-0.39, 0.29) is 5.75 Å². The molecule has 3 aromatic rings. The van der Waals surface area contributed by atoms with Gasteiger partial charge in [0.2, 0.25) is 0 Å². The van der Waals surface area contributed by atoms with Crippen LogP contribution in [-0.4, -0.2) is 58.1 Å². The molecule has 0 radical (unpaired) electrons. The molecule has 8 nitrogen and oxygen atoms in total. The number of piperazine rings is 1. The molecule has 1 fully saturated rings. The molecule has 2 aromatic carbocycles. The molecule has 0 saturated carbocycles. The first-order valence-corrected chi connectivity index (χ1v) is 9.52. The van der Waals surface area contributed by atoms with Crippen molar-refractivity contribution >= 4 is 11.4 Å². The second kappa shape index (κ2) is 8.20. The van der Waals surface area contributed by atoms with Crippen LogP contribution in [0.5, 0.6) is 5.75 Å². The van der Waals surface area contributed by atoms with Crippen molar-refractivity contribution in [3.63, 3.8) is 0 Å². The van der Waals surface area contributed by atoms with Crippen LogP contribution in [0.2, 0.25) is 0 Å². The summed E-state index contributed by atoms with van der Waals surface area (Å²) in [5.41, 5.74) is 3.58. The number of nitrogens with zero attached hydrogens (tertiary/aromatic N) is 7. The van der Waals surface area contributed by atoms with Crippen molar-refractivity contribution in [1.29, 1.82) is 5.26 Å². The molecule has 148 valence electrons. The lowest BCUT2D eigenvalue weighted by molar-refractivity contribution is 0.313. The van der Waals surface area contributed by atoms with Crippen molar-refractivity contribution in [3.8, 4) is 11.8 Å². The van der Waals surface area contributed by atoms with E-state index in [1.54, 1.807) is 24.8 Å². The van der Waals surface area contributed by atoms with Crippen LogP contribution < -0.4 is 9.91 Å². The van der Waals surface area contributed by atoms with E-state index in [2.05, 4.69) is 39.2 Å². The van der Waals surface area contributed by atoms with E-state index in [1.165, 1.54) is 0 Å². The molecule has 1 N–H and O–H groups in total. The maximum atomic E-state index is 9.63. The minimum Gasteiger partial charge on any atom is -0.508 e. The Hall–Kier alpha value is -3.57. The third kappa shape index (κ3) is 4.15. The normalized spacial score (nSPS) is 14.6. The van der Waals surface area contributed by atoms with E-state index < -0.39 is 0 Å². The number of aromatic hydroxyl groups is 1. The zero-order valence-electron chi connectivity index (χ0n) is 16.3. The molecule has 2 heterocycles. The van der Waals surface area contributed by atoms with E-state index in [9.17, 15) is 10.4 Å². The molecule has 0 bridgehead atoms. The summed E-state index contributed by atoms with van der Waals surface area (Å²) in [7, 11) is 2.12. The van der Waals surface area contributed by atoms with Crippen molar-refractivity contribution in [2.45, 2.75) is 6.54 Å². The van der Waals surface area contributed by atoms with Crippen LogP contribution in [0.1, 0.15) is 11.1 Å². The first-order chi connectivity index (χ1) is 14.1. The molecular formula is C21H23N7O. The predicted molar refractivity (Wildman–Crippen MR) is 111 cm³/mol. The Morgan fingerprint density at radius 3 is 2.38 bits per heavy atom. The highest BCUT2D eigenvalue weighted by Crippen LogP contribution is 2.29. The zero-order valence-corrected chi connectivity index (χ0v) is 16.3. The number of anilines is 2. The van der Waals surface area contributed by atoms with Gasteiger partial charge in [-0.2, -0.15) is 5.26 Å². The Morgan fingerprint density at radius 2 is 1.72 bits per heavy atom. The summed E-state index contributed by atoms with van der Waals surface area (Å²) in [4.78, 5) is 4.56. The molecule has 4 rings (SSSR count). The summed E-state index contributed by atoms with van der Waals surface area (Å²) in [6.07, 6.45) is 3.29. The maximum Gasteiger partial charge on any atom is 0.139 e. The first-order valence-electron chi connectivity index (χ1n) is 9.52. The molecule has 0 aliphatic carbocycles. The van der Waals surface area contributed by atoms with Crippen LogP contribution in [0.25, 0.3) is 0 Å². The Labute approximate surface area is 169 Å². The minimum absolute atomic E-state index is 0.236. The molecule has 8 heteroatoms. The van der Waals surface area contributed by atoms with E-state index >= 15 is 0 Å². The van der Waals surface area contributed by atoms with Gasteiger partial charge in [-0.25, -0.2) is 4.68 Å². The van der Waals surface area contributed by atoms with E-state index in [4.69, 9.17) is 0 Å². The van der Waals surface area contributed by atoms with Gasteiger partial charge in [-0.1, -0.05) is 12.1 Å². The lowest BCUT2D eigenvalue weighted by Gasteiger charge is -2.35. The van der Waals surface area contributed by atoms with Crippen LogP contribution in [0.4, 0.5) is 11.4 Å². The fourth-order valence-corrected chi connectivity index (χ4v) is 3.48. The average molecular weight is 389 g/mol. The lowest BCUT2D eigenvalue weighted by Crippen LogP contribution is -2.44. The van der Waals surface area contributed by atoms with Gasteiger partial charge in [-0.3, -0.25) is 5.01 Å². The number of likely N-dealkylation sites (N-methyl/N-ethyl adjacent to an activating group) is 1.